The minimum atomic E-state index is 0.645. The van der Waals surface area contributed by atoms with Crippen LogP contribution in [0.2, 0.25) is 5.02 Å². The summed E-state index contributed by atoms with van der Waals surface area (Å²) in [5, 5.41) is 0.645. The Hall–Kier alpha value is -2.05. The Bertz CT molecular complexity index is 730. The van der Waals surface area contributed by atoms with Gasteiger partial charge in [-0.2, -0.15) is 0 Å². The van der Waals surface area contributed by atoms with Crippen LogP contribution in [0.5, 0.6) is 0 Å². The lowest BCUT2D eigenvalue weighted by atomic mass is 9.93. The van der Waals surface area contributed by atoms with Gasteiger partial charge in [0.05, 0.1) is 0 Å². The first-order valence-electron chi connectivity index (χ1n) is 6.59. The second kappa shape index (κ2) is 5.52. The second-order valence-corrected chi connectivity index (χ2v) is 5.16. The topological polar surface area (TPSA) is 0 Å². The van der Waals surface area contributed by atoms with Crippen molar-refractivity contribution in [1.29, 1.82) is 0 Å². The lowest BCUT2D eigenvalue weighted by Crippen LogP contribution is -1.88. The van der Waals surface area contributed by atoms with Crippen molar-refractivity contribution in [2.45, 2.75) is 6.92 Å². The number of benzene rings is 3. The van der Waals surface area contributed by atoms with E-state index in [1.54, 1.807) is 0 Å². The Labute approximate surface area is 124 Å². The van der Waals surface area contributed by atoms with Crippen molar-refractivity contribution in [2.75, 3.05) is 0 Å². The summed E-state index contributed by atoms with van der Waals surface area (Å²) >= 11 is 6.05. The van der Waals surface area contributed by atoms with Crippen molar-refractivity contribution in [2.24, 2.45) is 0 Å². The summed E-state index contributed by atoms with van der Waals surface area (Å²) in [7, 11) is 0. The van der Waals surface area contributed by atoms with Crippen molar-refractivity contribution in [1.82, 2.24) is 0 Å². The van der Waals surface area contributed by atoms with Crippen molar-refractivity contribution in [3.05, 3.63) is 83.4 Å². The van der Waals surface area contributed by atoms with E-state index in [4.69, 9.17) is 11.6 Å². The van der Waals surface area contributed by atoms with E-state index in [2.05, 4.69) is 55.5 Å². The summed E-state index contributed by atoms with van der Waals surface area (Å²) < 4.78 is 0. The molecule has 0 spiro atoms. The average molecular weight is 278 g/mol. The van der Waals surface area contributed by atoms with E-state index < -0.39 is 0 Å². The van der Waals surface area contributed by atoms with E-state index in [9.17, 15) is 0 Å². The summed E-state index contributed by atoms with van der Waals surface area (Å²) in [6.45, 7) is 2.15. The zero-order valence-corrected chi connectivity index (χ0v) is 12.0. The summed E-state index contributed by atoms with van der Waals surface area (Å²) in [6, 6.07) is 25.8. The first kappa shape index (κ1) is 13.0. The van der Waals surface area contributed by atoms with Gasteiger partial charge in [-0.05, 0) is 40.8 Å². The third-order valence-corrected chi connectivity index (χ3v) is 3.69. The van der Waals surface area contributed by atoms with Gasteiger partial charge < -0.3 is 0 Å². The van der Waals surface area contributed by atoms with E-state index in [0.717, 1.165) is 5.56 Å². The molecule has 0 aromatic heterocycles. The highest BCUT2D eigenvalue weighted by Crippen LogP contribution is 2.32. The van der Waals surface area contributed by atoms with Gasteiger partial charge in [0.25, 0.3) is 0 Å². The molecule has 1 radical (unpaired) electrons. The molecule has 3 rings (SSSR count). The summed E-state index contributed by atoms with van der Waals surface area (Å²) in [5.41, 5.74) is 5.93. The van der Waals surface area contributed by atoms with Gasteiger partial charge in [0.15, 0.2) is 0 Å². The third kappa shape index (κ3) is 2.48. The molecule has 0 unspecified atom stereocenters. The third-order valence-electron chi connectivity index (χ3n) is 3.47. The van der Waals surface area contributed by atoms with Crippen LogP contribution >= 0.6 is 11.6 Å². The van der Waals surface area contributed by atoms with Crippen molar-refractivity contribution in [3.8, 4) is 22.3 Å². The first-order valence-corrected chi connectivity index (χ1v) is 6.97. The molecule has 0 atom stereocenters. The number of rotatable bonds is 2. The maximum absolute atomic E-state index is 6.05. The van der Waals surface area contributed by atoms with E-state index >= 15 is 0 Å². The lowest BCUT2D eigenvalue weighted by Gasteiger charge is -2.12. The van der Waals surface area contributed by atoms with E-state index in [-0.39, 0.29) is 0 Å². The fourth-order valence-electron chi connectivity index (χ4n) is 2.46. The molecule has 0 bridgehead atoms. The zero-order chi connectivity index (χ0) is 13.9. The van der Waals surface area contributed by atoms with Crippen LogP contribution in [0.3, 0.4) is 0 Å². The molecule has 0 aliphatic carbocycles. The van der Waals surface area contributed by atoms with Crippen LogP contribution in [0.1, 0.15) is 5.56 Å². The van der Waals surface area contributed by atoms with Gasteiger partial charge in [-0.1, -0.05) is 72.3 Å². The maximum atomic E-state index is 6.05. The van der Waals surface area contributed by atoms with Crippen LogP contribution in [0, 0.1) is 13.0 Å². The molecule has 3 aromatic rings. The molecule has 0 heterocycles. The van der Waals surface area contributed by atoms with Gasteiger partial charge in [0, 0.05) is 11.1 Å². The molecule has 0 aliphatic heterocycles. The summed E-state index contributed by atoms with van der Waals surface area (Å²) in [5.74, 6) is 0. The Morgan fingerprint density at radius 1 is 0.750 bits per heavy atom. The molecule has 0 nitrogen and oxygen atoms in total. The fraction of sp³-hybridized carbons (Fsp3) is 0.0526. The molecule has 97 valence electrons. The first-order chi connectivity index (χ1) is 9.75. The smallest absolute Gasteiger partial charge is 0.0491 e. The predicted molar refractivity (Wildman–Crippen MR) is 85.9 cm³/mol. The standard InChI is InChI=1S/C19H14Cl/c1-14-18(15-7-3-2-4-8-15)11-6-12-19(14)16-9-5-10-17(20)13-16/h2-12H,1H3. The van der Waals surface area contributed by atoms with Gasteiger partial charge >= 0.3 is 0 Å². The highest BCUT2D eigenvalue weighted by Gasteiger charge is 2.08. The van der Waals surface area contributed by atoms with Crippen molar-refractivity contribution < 1.29 is 0 Å². The Kier molecular flexibility index (Phi) is 3.58. The van der Waals surface area contributed by atoms with Gasteiger partial charge in [-0.15, -0.1) is 0 Å². The van der Waals surface area contributed by atoms with Gasteiger partial charge in [0.1, 0.15) is 0 Å². The second-order valence-electron chi connectivity index (χ2n) is 4.76. The lowest BCUT2D eigenvalue weighted by molar-refractivity contribution is 1.44. The van der Waals surface area contributed by atoms with Crippen LogP contribution in [-0.2, 0) is 0 Å². The van der Waals surface area contributed by atoms with Crippen LogP contribution in [0.15, 0.2) is 66.7 Å². The predicted octanol–water partition coefficient (Wildman–Crippen LogP) is 5.78. The normalized spacial score (nSPS) is 10.5. The van der Waals surface area contributed by atoms with Gasteiger partial charge in [-0.3, -0.25) is 0 Å². The fourth-order valence-corrected chi connectivity index (χ4v) is 2.63. The van der Waals surface area contributed by atoms with E-state index in [1.807, 2.05) is 24.3 Å². The van der Waals surface area contributed by atoms with Crippen LogP contribution < -0.4 is 0 Å². The highest BCUT2D eigenvalue weighted by molar-refractivity contribution is 6.30. The average Bonchev–Trinajstić information content (AvgIpc) is 2.48. The molecule has 0 fully saturated rings. The summed E-state index contributed by atoms with van der Waals surface area (Å²) in [4.78, 5) is 0. The minimum Gasteiger partial charge on any atom is -0.0836 e. The van der Waals surface area contributed by atoms with E-state index in [0.29, 0.717) is 5.02 Å². The molecule has 0 aliphatic rings. The molecule has 1 heteroatoms. The molecule has 0 saturated carbocycles. The minimum absolute atomic E-state index is 0.645. The van der Waals surface area contributed by atoms with Gasteiger partial charge in [-0.25, -0.2) is 0 Å². The molecule has 20 heavy (non-hydrogen) atoms. The quantitative estimate of drug-likeness (QED) is 0.557. The Balaban J connectivity index is 2.15. The van der Waals surface area contributed by atoms with E-state index in [1.165, 1.54) is 22.3 Å². The molecular formula is C19H14Cl. The Morgan fingerprint density at radius 2 is 1.45 bits per heavy atom. The van der Waals surface area contributed by atoms with Crippen LogP contribution in [-0.4, -0.2) is 0 Å². The van der Waals surface area contributed by atoms with Crippen LogP contribution in [0.25, 0.3) is 22.3 Å². The summed E-state index contributed by atoms with van der Waals surface area (Å²) in [6.07, 6.45) is 0. The van der Waals surface area contributed by atoms with Crippen LogP contribution in [0.4, 0.5) is 0 Å². The largest absolute Gasteiger partial charge is 0.0836 e. The maximum Gasteiger partial charge on any atom is 0.0491 e. The van der Waals surface area contributed by atoms with Gasteiger partial charge in [0.2, 0.25) is 0 Å². The van der Waals surface area contributed by atoms with Crippen molar-refractivity contribution >= 4 is 11.6 Å². The molecule has 0 saturated heterocycles. The molecule has 3 aromatic carbocycles. The monoisotopic (exact) mass is 277 g/mol. The number of hydrogen-bond acceptors (Lipinski definition) is 0. The number of hydrogen-bond donors (Lipinski definition) is 0. The Morgan fingerprint density at radius 3 is 2.20 bits per heavy atom. The SMILES string of the molecule is Cc1c(-c2[c]c(Cl)ccc2)cccc1-c1ccccc1. The van der Waals surface area contributed by atoms with Crippen molar-refractivity contribution in [3.63, 3.8) is 0 Å². The molecule has 0 amide bonds. The molecule has 0 N–H and O–H groups in total. The molecular weight excluding hydrogens is 264 g/mol. The number of halogens is 1. The zero-order valence-electron chi connectivity index (χ0n) is 11.2. The highest BCUT2D eigenvalue weighted by atomic mass is 35.5.